The van der Waals surface area contributed by atoms with E-state index in [0.29, 0.717) is 16.5 Å². The zero-order valence-electron chi connectivity index (χ0n) is 20.5. The van der Waals surface area contributed by atoms with Crippen molar-refractivity contribution in [3.8, 4) is 0 Å². The van der Waals surface area contributed by atoms with Crippen LogP contribution in [0.15, 0.2) is 24.4 Å². The average Bonchev–Trinajstić information content (AvgIpc) is 3.44. The maximum absolute atomic E-state index is 12.8. The first-order valence-electron chi connectivity index (χ1n) is 12.7. The smallest absolute Gasteiger partial charge is 0.349 e. The van der Waals surface area contributed by atoms with Gasteiger partial charge in [-0.05, 0) is 63.1 Å². The number of nitrogens with one attached hydrogen (secondary N) is 1. The number of fused-ring (bicyclic) bond motifs is 2. The van der Waals surface area contributed by atoms with Gasteiger partial charge in [0.2, 0.25) is 0 Å². The molecule has 1 saturated carbocycles. The van der Waals surface area contributed by atoms with Gasteiger partial charge in [0.05, 0.1) is 22.4 Å². The van der Waals surface area contributed by atoms with E-state index < -0.39 is 12.6 Å². The number of alkyl halides is 3. The molecule has 0 bridgehead atoms. The third kappa shape index (κ3) is 6.08. The van der Waals surface area contributed by atoms with Crippen molar-refractivity contribution in [1.29, 1.82) is 0 Å². The van der Waals surface area contributed by atoms with Gasteiger partial charge in [-0.2, -0.15) is 18.3 Å². The maximum atomic E-state index is 12.8. The molecule has 1 fully saturated rings. The van der Waals surface area contributed by atoms with E-state index in [1.165, 1.54) is 11.3 Å². The fourth-order valence-corrected chi connectivity index (χ4v) is 6.43. The molecule has 5 rings (SSSR count). The number of aromatic nitrogens is 3. The lowest BCUT2D eigenvalue weighted by molar-refractivity contribution is -0.134. The topological polar surface area (TPSA) is 63.1 Å². The van der Waals surface area contributed by atoms with Crippen LogP contribution < -0.4 is 5.32 Å². The van der Waals surface area contributed by atoms with E-state index in [2.05, 4.69) is 20.3 Å². The summed E-state index contributed by atoms with van der Waals surface area (Å²) in [4.78, 5) is 20.8. The second kappa shape index (κ2) is 10.5. The summed E-state index contributed by atoms with van der Waals surface area (Å²) in [7, 11) is 1.88. The summed E-state index contributed by atoms with van der Waals surface area (Å²) in [6.07, 6.45) is 3.02. The number of amides is 1. The first-order chi connectivity index (χ1) is 17.2. The van der Waals surface area contributed by atoms with Crippen LogP contribution in [0.5, 0.6) is 0 Å². The van der Waals surface area contributed by atoms with Gasteiger partial charge in [-0.3, -0.25) is 14.4 Å². The summed E-state index contributed by atoms with van der Waals surface area (Å²) in [5.74, 6) is 0.617. The molecule has 0 atom stereocenters. The molecule has 0 unspecified atom stereocenters. The van der Waals surface area contributed by atoms with Crippen LogP contribution in [0, 0.1) is 5.92 Å². The number of thiazole rings is 1. The molecule has 36 heavy (non-hydrogen) atoms. The van der Waals surface area contributed by atoms with E-state index in [1.54, 1.807) is 10.9 Å². The molecular formula is C26H32F3N5OS. The molecule has 1 N–H and O–H groups in total. The van der Waals surface area contributed by atoms with Gasteiger partial charge in [0.25, 0.3) is 5.91 Å². The first kappa shape index (κ1) is 25.2. The van der Waals surface area contributed by atoms with Crippen LogP contribution in [0.3, 0.4) is 0 Å². The van der Waals surface area contributed by atoms with E-state index in [4.69, 9.17) is 0 Å². The molecule has 0 spiro atoms. The van der Waals surface area contributed by atoms with Gasteiger partial charge >= 0.3 is 6.18 Å². The Bertz CT molecular complexity index is 1210. The quantitative estimate of drug-likeness (QED) is 0.463. The Morgan fingerprint density at radius 1 is 1.22 bits per heavy atom. The van der Waals surface area contributed by atoms with E-state index in [-0.39, 0.29) is 18.4 Å². The lowest BCUT2D eigenvalue weighted by Gasteiger charge is -2.32. The first-order valence-corrected chi connectivity index (χ1v) is 13.5. The van der Waals surface area contributed by atoms with Crippen LogP contribution in [0.4, 0.5) is 13.2 Å². The van der Waals surface area contributed by atoms with Crippen molar-refractivity contribution < 1.29 is 18.0 Å². The zero-order valence-corrected chi connectivity index (χ0v) is 21.3. The molecule has 1 amide bonds. The van der Waals surface area contributed by atoms with Crippen LogP contribution >= 0.6 is 11.3 Å². The largest absolute Gasteiger partial charge is 0.389 e. The minimum absolute atomic E-state index is 0.0150. The second-order valence-electron chi connectivity index (χ2n) is 10.1. The number of carbonyl (C=O) groups is 1. The molecular weight excluding hydrogens is 487 g/mol. The van der Waals surface area contributed by atoms with Crippen LogP contribution in [0.25, 0.3) is 10.9 Å². The van der Waals surface area contributed by atoms with Gasteiger partial charge in [-0.25, -0.2) is 4.98 Å². The van der Waals surface area contributed by atoms with Crippen LogP contribution in [0.1, 0.15) is 64.5 Å². The Hall–Kier alpha value is -2.46. The number of nitrogens with zero attached hydrogens (tertiary/aromatic N) is 4. The molecule has 6 nitrogen and oxygen atoms in total. The third-order valence-electron chi connectivity index (χ3n) is 7.52. The highest BCUT2D eigenvalue weighted by molar-refractivity contribution is 7.11. The highest BCUT2D eigenvalue weighted by atomic mass is 32.1. The monoisotopic (exact) mass is 519 g/mol. The fourth-order valence-electron chi connectivity index (χ4n) is 5.37. The summed E-state index contributed by atoms with van der Waals surface area (Å²) in [6.45, 7) is 2.67. The van der Waals surface area contributed by atoms with Crippen LogP contribution in [-0.4, -0.2) is 50.9 Å². The lowest BCUT2D eigenvalue weighted by atomic mass is 9.84. The lowest BCUT2D eigenvalue weighted by Crippen LogP contribution is -2.38. The van der Waals surface area contributed by atoms with Gasteiger partial charge in [-0.15, -0.1) is 11.3 Å². The number of carbonyl (C=O) groups excluding carboxylic acids is 1. The molecule has 2 aromatic heterocycles. The molecule has 0 radical (unpaired) electrons. The van der Waals surface area contributed by atoms with Gasteiger partial charge in [0.15, 0.2) is 0 Å². The third-order valence-corrected chi connectivity index (χ3v) is 8.74. The molecule has 0 saturated heterocycles. The highest BCUT2D eigenvalue weighted by Gasteiger charge is 2.29. The molecule has 3 heterocycles. The molecule has 1 aromatic carbocycles. The van der Waals surface area contributed by atoms with E-state index in [9.17, 15) is 18.0 Å². The zero-order chi connectivity index (χ0) is 25.3. The van der Waals surface area contributed by atoms with Gasteiger partial charge < -0.3 is 5.32 Å². The normalized spacial score (nSPS) is 21.0. The molecule has 1 aliphatic carbocycles. The predicted molar refractivity (Wildman–Crippen MR) is 134 cm³/mol. The summed E-state index contributed by atoms with van der Waals surface area (Å²) in [5, 5.41) is 9.09. The molecule has 194 valence electrons. The number of benzene rings is 1. The van der Waals surface area contributed by atoms with Crippen molar-refractivity contribution >= 4 is 28.1 Å². The summed E-state index contributed by atoms with van der Waals surface area (Å²) in [6, 6.07) is 5.90. The minimum atomic E-state index is -4.13. The van der Waals surface area contributed by atoms with Crippen molar-refractivity contribution in [3.05, 3.63) is 45.5 Å². The number of hydrogen-bond acceptors (Lipinski definition) is 5. The maximum Gasteiger partial charge on any atom is 0.389 e. The van der Waals surface area contributed by atoms with Crippen molar-refractivity contribution in [3.63, 3.8) is 0 Å². The van der Waals surface area contributed by atoms with Crippen molar-refractivity contribution in [2.75, 3.05) is 13.1 Å². The number of rotatable bonds is 7. The number of aryl methyl sites for hydroxylation is 2. The Balaban J connectivity index is 1.05. The van der Waals surface area contributed by atoms with E-state index >= 15 is 0 Å². The van der Waals surface area contributed by atoms with Gasteiger partial charge in [-0.1, -0.05) is 6.07 Å². The molecule has 3 aromatic rings. The number of halogens is 3. The van der Waals surface area contributed by atoms with E-state index in [1.807, 2.05) is 25.2 Å². The summed E-state index contributed by atoms with van der Waals surface area (Å²) in [5.41, 5.74) is 2.59. The Morgan fingerprint density at radius 2 is 2.03 bits per heavy atom. The Labute approximate surface area is 212 Å². The van der Waals surface area contributed by atoms with Gasteiger partial charge in [0.1, 0.15) is 0 Å². The minimum Gasteiger partial charge on any atom is -0.349 e. The molecule has 1 aliphatic heterocycles. The summed E-state index contributed by atoms with van der Waals surface area (Å²) < 4.78 is 39.4. The van der Waals surface area contributed by atoms with Crippen LogP contribution in [0.2, 0.25) is 0 Å². The highest BCUT2D eigenvalue weighted by Crippen LogP contribution is 2.31. The van der Waals surface area contributed by atoms with Crippen LogP contribution in [-0.2, 0) is 26.4 Å². The van der Waals surface area contributed by atoms with Crippen molar-refractivity contribution in [2.24, 2.45) is 13.0 Å². The second-order valence-corrected chi connectivity index (χ2v) is 11.3. The number of hydrogen-bond donors (Lipinski definition) is 1. The Kier molecular flexibility index (Phi) is 7.35. The SMILES string of the molecule is Cn1ncc2ccc(C(=O)NC3CCC(CCN4CCc5sc(CCC(F)(F)F)nc5C4)CC3)cc21. The average molecular weight is 520 g/mol. The van der Waals surface area contributed by atoms with Gasteiger partial charge in [0, 0.05) is 54.8 Å². The predicted octanol–water partition coefficient (Wildman–Crippen LogP) is 5.26. The standard InChI is InChI=1S/C26H32F3N5OS/c1-33-22-14-18(4-5-19(22)15-30-33)25(35)31-20-6-2-17(3-7-20)9-12-34-13-10-23-21(16-34)32-24(36-23)8-11-26(27,28)29/h4-5,14-15,17,20H,2-3,6-13,16H2,1H3,(H,31,35). The fraction of sp³-hybridized carbons (Fsp3) is 0.577. The molecule has 2 aliphatic rings. The van der Waals surface area contributed by atoms with E-state index in [0.717, 1.165) is 79.6 Å². The van der Waals surface area contributed by atoms with Crippen molar-refractivity contribution in [2.45, 2.75) is 70.1 Å². The Morgan fingerprint density at radius 3 is 2.81 bits per heavy atom. The van der Waals surface area contributed by atoms with Crippen molar-refractivity contribution in [1.82, 2.24) is 25.0 Å². The molecule has 10 heteroatoms. The summed E-state index contributed by atoms with van der Waals surface area (Å²) >= 11 is 1.45.